The number of aliphatic hydroxyl groups excluding tert-OH is 1. The van der Waals surface area contributed by atoms with Gasteiger partial charge in [0.05, 0.1) is 35.2 Å². The number of aryl methyl sites for hydroxylation is 3. The number of ketones is 1. The van der Waals surface area contributed by atoms with Crippen LogP contribution in [0, 0.1) is 35.9 Å². The van der Waals surface area contributed by atoms with Gasteiger partial charge < -0.3 is 9.84 Å². The number of aliphatic hydroxyl groups is 1. The predicted octanol–water partition coefficient (Wildman–Crippen LogP) is 5.17. The molecule has 1 aliphatic carbocycles. The Labute approximate surface area is 187 Å². The molecule has 2 heterocycles. The highest BCUT2D eigenvalue weighted by molar-refractivity contribution is 6.26. The smallest absolute Gasteiger partial charge is 0.173 e. The van der Waals surface area contributed by atoms with E-state index < -0.39 is 23.8 Å². The van der Waals surface area contributed by atoms with Gasteiger partial charge in [0.15, 0.2) is 5.78 Å². The fraction of sp³-hybridized carbons (Fsp3) is 0.407. The summed E-state index contributed by atoms with van der Waals surface area (Å²) in [6.45, 7) is 6.17. The maximum atomic E-state index is 14.3. The second-order valence-corrected chi connectivity index (χ2v) is 9.14. The molecule has 4 nitrogen and oxygen atoms in total. The van der Waals surface area contributed by atoms with Crippen molar-refractivity contribution in [2.24, 2.45) is 11.8 Å². The summed E-state index contributed by atoms with van der Waals surface area (Å²) in [6.07, 6.45) is 1.30. The molecule has 2 fully saturated rings. The number of allylic oxidation sites excluding steroid dienone is 1. The quantitative estimate of drug-likeness (QED) is 0.725. The van der Waals surface area contributed by atoms with Crippen LogP contribution in [0.5, 0.6) is 0 Å². The zero-order valence-corrected chi connectivity index (χ0v) is 18.5. The third kappa shape index (κ3) is 2.79. The van der Waals surface area contributed by atoms with Gasteiger partial charge in [0.25, 0.3) is 0 Å². The normalized spacial score (nSPS) is 28.3. The third-order valence-corrected chi connectivity index (χ3v) is 7.49. The highest BCUT2D eigenvalue weighted by Gasteiger charge is 2.63. The fourth-order valence-electron chi connectivity index (χ4n) is 6.20. The number of carbonyl (C=O) groups excluding carboxylic acids is 1. The van der Waals surface area contributed by atoms with Gasteiger partial charge in [-0.25, -0.2) is 4.39 Å². The molecule has 3 aliphatic rings. The summed E-state index contributed by atoms with van der Waals surface area (Å²) in [4.78, 5) is 13.6. The number of halogens is 1. The van der Waals surface area contributed by atoms with E-state index in [1.165, 1.54) is 6.07 Å². The summed E-state index contributed by atoms with van der Waals surface area (Å²) >= 11 is 0. The number of hydrogen-bond acceptors (Lipinski definition) is 4. The number of fused-ring (bicyclic) bond motifs is 5. The average molecular weight is 432 g/mol. The Morgan fingerprint density at radius 2 is 1.88 bits per heavy atom. The SMILES string of the molecule is CCc1cc(C)cc(CC)c1C1=C(O)[C@@H]2[C@@H]3O[C@@H](C[C@H]3c3cccc(F)c3C#N)[C@@H]2C1=O. The number of rotatable bonds is 4. The molecule has 5 heteroatoms. The summed E-state index contributed by atoms with van der Waals surface area (Å²) < 4.78 is 20.4. The van der Waals surface area contributed by atoms with Crippen LogP contribution in [-0.2, 0) is 22.4 Å². The first-order valence-corrected chi connectivity index (χ1v) is 11.3. The minimum Gasteiger partial charge on any atom is -0.511 e. The third-order valence-electron chi connectivity index (χ3n) is 7.49. The van der Waals surface area contributed by atoms with Crippen molar-refractivity contribution in [3.63, 3.8) is 0 Å². The molecule has 2 aromatic carbocycles. The molecule has 2 saturated heterocycles. The van der Waals surface area contributed by atoms with Crippen LogP contribution in [0.4, 0.5) is 4.39 Å². The van der Waals surface area contributed by atoms with E-state index in [1.54, 1.807) is 12.1 Å². The molecule has 2 aromatic rings. The Bertz CT molecular complexity index is 1180. The first-order valence-electron chi connectivity index (χ1n) is 11.3. The summed E-state index contributed by atoms with van der Waals surface area (Å²) in [5, 5.41) is 20.9. The Balaban J connectivity index is 1.61. The van der Waals surface area contributed by atoms with Crippen LogP contribution in [0.1, 0.15) is 59.6 Å². The highest BCUT2D eigenvalue weighted by atomic mass is 19.1. The van der Waals surface area contributed by atoms with E-state index in [0.29, 0.717) is 17.6 Å². The summed E-state index contributed by atoms with van der Waals surface area (Å²) in [7, 11) is 0. The fourth-order valence-corrected chi connectivity index (χ4v) is 6.20. The second kappa shape index (κ2) is 7.56. The molecule has 0 radical (unpaired) electrons. The van der Waals surface area contributed by atoms with Crippen LogP contribution < -0.4 is 0 Å². The number of ether oxygens (including phenoxy) is 1. The summed E-state index contributed by atoms with van der Waals surface area (Å²) in [5.41, 5.74) is 5.22. The zero-order valence-electron chi connectivity index (χ0n) is 18.5. The van der Waals surface area contributed by atoms with Crippen LogP contribution in [0.15, 0.2) is 36.1 Å². The summed E-state index contributed by atoms with van der Waals surface area (Å²) in [6, 6.07) is 10.8. The molecule has 2 bridgehead atoms. The van der Waals surface area contributed by atoms with Crippen molar-refractivity contribution in [1.82, 2.24) is 0 Å². The first kappa shape index (κ1) is 20.9. The molecule has 0 saturated carbocycles. The lowest BCUT2D eigenvalue weighted by Gasteiger charge is -2.28. The molecule has 5 rings (SSSR count). The Morgan fingerprint density at radius 3 is 2.50 bits per heavy atom. The van der Waals surface area contributed by atoms with Gasteiger partial charge in [-0.1, -0.05) is 43.7 Å². The van der Waals surface area contributed by atoms with Gasteiger partial charge in [0.2, 0.25) is 0 Å². The van der Waals surface area contributed by atoms with Gasteiger partial charge in [-0.3, -0.25) is 4.79 Å². The van der Waals surface area contributed by atoms with E-state index in [9.17, 15) is 19.6 Å². The van der Waals surface area contributed by atoms with E-state index in [0.717, 1.165) is 35.1 Å². The lowest BCUT2D eigenvalue weighted by atomic mass is 9.71. The van der Waals surface area contributed by atoms with Crippen molar-refractivity contribution in [3.05, 3.63) is 75.3 Å². The lowest BCUT2D eigenvalue weighted by Crippen LogP contribution is -2.33. The van der Waals surface area contributed by atoms with E-state index in [2.05, 4.69) is 26.0 Å². The van der Waals surface area contributed by atoms with Gasteiger partial charge >= 0.3 is 0 Å². The van der Waals surface area contributed by atoms with Crippen molar-refractivity contribution in [2.45, 2.75) is 58.2 Å². The van der Waals surface area contributed by atoms with Gasteiger partial charge in [-0.05, 0) is 54.5 Å². The van der Waals surface area contributed by atoms with Crippen LogP contribution in [-0.4, -0.2) is 23.1 Å². The molecular formula is C27H26FNO3. The van der Waals surface area contributed by atoms with Crippen molar-refractivity contribution in [2.75, 3.05) is 0 Å². The van der Waals surface area contributed by atoms with Crippen molar-refractivity contribution in [3.8, 4) is 6.07 Å². The minimum absolute atomic E-state index is 0.0262. The maximum Gasteiger partial charge on any atom is 0.173 e. The number of carbonyl (C=O) groups is 1. The van der Waals surface area contributed by atoms with E-state index in [4.69, 9.17) is 4.74 Å². The summed E-state index contributed by atoms with van der Waals surface area (Å²) in [5.74, 6) is -1.60. The van der Waals surface area contributed by atoms with E-state index in [1.807, 2.05) is 13.0 Å². The standard InChI is InChI=1S/C27H26FNO3/c1-4-14-9-13(3)10-15(5-2)21(14)23-25(30)22-20-11-17(27(32-20)24(22)26(23)31)16-7-6-8-19(28)18(16)12-29/h6-10,17,20,22,24,27,31H,4-5,11H2,1-3H3/t17-,20-,22-,24+,27+/m0/s1. The van der Waals surface area contributed by atoms with Crippen molar-refractivity contribution in [1.29, 1.82) is 5.26 Å². The molecule has 164 valence electrons. The van der Waals surface area contributed by atoms with Gasteiger partial charge in [-0.15, -0.1) is 0 Å². The zero-order chi connectivity index (χ0) is 22.7. The van der Waals surface area contributed by atoms with Gasteiger partial charge in [0, 0.05) is 5.92 Å². The van der Waals surface area contributed by atoms with Crippen LogP contribution >= 0.6 is 0 Å². The number of Topliss-reactive ketones (excluding diaryl/α,β-unsaturated/α-hetero) is 1. The predicted molar refractivity (Wildman–Crippen MR) is 119 cm³/mol. The molecule has 0 amide bonds. The largest absolute Gasteiger partial charge is 0.511 e. The Kier molecular flexibility index (Phi) is 4.94. The monoisotopic (exact) mass is 431 g/mol. The molecule has 0 aromatic heterocycles. The van der Waals surface area contributed by atoms with Gasteiger partial charge in [0.1, 0.15) is 17.6 Å². The molecule has 32 heavy (non-hydrogen) atoms. The van der Waals surface area contributed by atoms with Crippen LogP contribution in [0.3, 0.4) is 0 Å². The topological polar surface area (TPSA) is 70.3 Å². The number of nitrogens with zero attached hydrogens (tertiary/aromatic N) is 1. The molecule has 5 atom stereocenters. The molecule has 0 unspecified atom stereocenters. The highest BCUT2D eigenvalue weighted by Crippen LogP contribution is 2.58. The average Bonchev–Trinajstić information content (AvgIpc) is 3.44. The minimum atomic E-state index is -0.549. The Morgan fingerprint density at radius 1 is 1.19 bits per heavy atom. The van der Waals surface area contributed by atoms with Gasteiger partial charge in [-0.2, -0.15) is 5.26 Å². The number of nitriles is 1. The van der Waals surface area contributed by atoms with Crippen molar-refractivity contribution >= 4 is 11.4 Å². The number of hydrogen-bond donors (Lipinski definition) is 1. The lowest BCUT2D eigenvalue weighted by molar-refractivity contribution is -0.118. The first-order chi connectivity index (χ1) is 15.4. The molecule has 0 spiro atoms. The molecule has 2 aliphatic heterocycles. The molecular weight excluding hydrogens is 405 g/mol. The number of benzene rings is 2. The van der Waals surface area contributed by atoms with Crippen LogP contribution in [0.25, 0.3) is 5.57 Å². The van der Waals surface area contributed by atoms with E-state index >= 15 is 0 Å². The van der Waals surface area contributed by atoms with Crippen LogP contribution in [0.2, 0.25) is 0 Å². The van der Waals surface area contributed by atoms with Crippen molar-refractivity contribution < 1.29 is 19.0 Å². The molecule has 1 N–H and O–H groups in total. The Hall–Kier alpha value is -2.97. The maximum absolute atomic E-state index is 14.3. The second-order valence-electron chi connectivity index (χ2n) is 9.14. The van der Waals surface area contributed by atoms with E-state index in [-0.39, 0.29) is 29.1 Å².